The van der Waals surface area contributed by atoms with Gasteiger partial charge in [-0.2, -0.15) is 0 Å². The lowest BCUT2D eigenvalue weighted by Gasteiger charge is -2.10. The third kappa shape index (κ3) is 5.29. The summed E-state index contributed by atoms with van der Waals surface area (Å²) in [6, 6.07) is 5.09. The molecule has 0 fully saturated rings. The van der Waals surface area contributed by atoms with Crippen molar-refractivity contribution in [1.82, 2.24) is 4.57 Å². The first-order chi connectivity index (χ1) is 13.8. The van der Waals surface area contributed by atoms with Gasteiger partial charge in [0.15, 0.2) is 18.1 Å². The Bertz CT molecular complexity index is 959. The van der Waals surface area contributed by atoms with E-state index in [4.69, 9.17) is 25.8 Å². The van der Waals surface area contributed by atoms with E-state index in [0.29, 0.717) is 34.2 Å². The number of esters is 1. The molecule has 0 N–H and O–H groups in total. The average Bonchev–Trinajstić information content (AvgIpc) is 2.98. The topological polar surface area (TPSA) is 66.8 Å². The molecule has 0 unspecified atom stereocenters. The summed E-state index contributed by atoms with van der Waals surface area (Å²) < 4.78 is 17.4. The Labute approximate surface area is 175 Å². The Morgan fingerprint density at radius 3 is 2.52 bits per heavy atom. The molecule has 6 nitrogen and oxygen atoms in total. The summed E-state index contributed by atoms with van der Waals surface area (Å²) in [6.45, 7) is 7.76. The molecule has 1 aromatic heterocycles. The van der Waals surface area contributed by atoms with E-state index in [0.717, 1.165) is 11.4 Å². The molecular formula is C22H24ClNO5. The molecular weight excluding hydrogens is 394 g/mol. The number of methoxy groups -OCH3 is 2. The van der Waals surface area contributed by atoms with Crippen molar-refractivity contribution in [2.45, 2.75) is 20.4 Å². The molecule has 0 aliphatic heterocycles. The van der Waals surface area contributed by atoms with E-state index in [2.05, 4.69) is 6.58 Å². The molecule has 0 spiro atoms. The predicted molar refractivity (Wildman–Crippen MR) is 113 cm³/mol. The lowest BCUT2D eigenvalue weighted by atomic mass is 10.1. The number of aryl methyl sites for hydroxylation is 1. The zero-order chi connectivity index (χ0) is 21.6. The Morgan fingerprint density at radius 1 is 1.17 bits per heavy atom. The zero-order valence-electron chi connectivity index (χ0n) is 17.0. The summed E-state index contributed by atoms with van der Waals surface area (Å²) in [4.78, 5) is 24.4. The number of benzene rings is 1. The number of aromatic nitrogens is 1. The lowest BCUT2D eigenvalue weighted by molar-refractivity contribution is -0.136. The van der Waals surface area contributed by atoms with Crippen LogP contribution in [0.15, 0.2) is 36.9 Å². The number of hydrogen-bond donors (Lipinski definition) is 0. The van der Waals surface area contributed by atoms with Crippen molar-refractivity contribution in [3.8, 4) is 11.5 Å². The molecule has 1 heterocycles. The van der Waals surface area contributed by atoms with Crippen LogP contribution in [-0.2, 0) is 16.1 Å². The first-order valence-corrected chi connectivity index (χ1v) is 9.27. The largest absolute Gasteiger partial charge is 0.493 e. The number of nitrogens with zero attached hydrogens (tertiary/aromatic N) is 1. The molecule has 0 aliphatic carbocycles. The normalized spacial score (nSPS) is 10.8. The lowest BCUT2D eigenvalue weighted by Crippen LogP contribution is -2.13. The van der Waals surface area contributed by atoms with E-state index in [-0.39, 0.29) is 12.4 Å². The fourth-order valence-electron chi connectivity index (χ4n) is 2.95. The van der Waals surface area contributed by atoms with E-state index in [1.807, 2.05) is 18.4 Å². The van der Waals surface area contributed by atoms with Gasteiger partial charge >= 0.3 is 5.97 Å². The van der Waals surface area contributed by atoms with Crippen molar-refractivity contribution in [2.24, 2.45) is 0 Å². The standard InChI is InChI=1S/C22H24ClNO5/c1-6-9-24-14(2)10-17(15(24)3)19(25)13-29-21(26)8-7-16-11-18(23)22(28-5)20(12-16)27-4/h6-8,10-12H,1,9,13H2,2-5H3. The van der Waals surface area contributed by atoms with Gasteiger partial charge in [-0.15, -0.1) is 6.58 Å². The van der Waals surface area contributed by atoms with Crippen molar-refractivity contribution in [1.29, 1.82) is 0 Å². The summed E-state index contributed by atoms with van der Waals surface area (Å²) in [5.74, 6) is -0.0416. The van der Waals surface area contributed by atoms with Gasteiger partial charge in [0.1, 0.15) is 0 Å². The number of allylic oxidation sites excluding steroid dienone is 1. The highest BCUT2D eigenvalue weighted by atomic mass is 35.5. The molecule has 7 heteroatoms. The second kappa shape index (κ2) is 9.98. The van der Waals surface area contributed by atoms with Crippen molar-refractivity contribution >= 4 is 29.4 Å². The van der Waals surface area contributed by atoms with Gasteiger partial charge < -0.3 is 18.8 Å². The summed E-state index contributed by atoms with van der Waals surface area (Å²) in [6.07, 6.45) is 4.52. The smallest absolute Gasteiger partial charge is 0.331 e. The second-order valence-electron chi connectivity index (χ2n) is 6.29. The van der Waals surface area contributed by atoms with E-state index in [1.165, 1.54) is 26.4 Å². The first kappa shape index (κ1) is 22.3. The molecule has 2 aromatic rings. The minimum atomic E-state index is -0.635. The van der Waals surface area contributed by atoms with Crippen LogP contribution in [0.5, 0.6) is 11.5 Å². The Kier molecular flexibility index (Phi) is 7.67. The molecule has 0 atom stereocenters. The molecule has 1 aromatic carbocycles. The van der Waals surface area contributed by atoms with Crippen LogP contribution in [0.2, 0.25) is 5.02 Å². The van der Waals surface area contributed by atoms with Gasteiger partial charge in [-0.3, -0.25) is 4.79 Å². The van der Waals surface area contributed by atoms with Crippen LogP contribution in [0.4, 0.5) is 0 Å². The molecule has 29 heavy (non-hydrogen) atoms. The van der Waals surface area contributed by atoms with Crippen LogP contribution in [-0.4, -0.2) is 37.1 Å². The monoisotopic (exact) mass is 417 g/mol. The quantitative estimate of drug-likeness (QED) is 0.262. The van der Waals surface area contributed by atoms with Crippen molar-refractivity contribution < 1.29 is 23.8 Å². The fraction of sp³-hybridized carbons (Fsp3) is 0.273. The fourth-order valence-corrected chi connectivity index (χ4v) is 3.25. The van der Waals surface area contributed by atoms with Crippen LogP contribution in [0, 0.1) is 13.8 Å². The molecule has 0 saturated heterocycles. The third-order valence-corrected chi connectivity index (χ3v) is 4.68. The molecule has 0 bridgehead atoms. The Balaban J connectivity index is 2.03. The number of halogens is 1. The van der Waals surface area contributed by atoms with E-state index < -0.39 is 5.97 Å². The van der Waals surface area contributed by atoms with Gasteiger partial charge in [0.05, 0.1) is 19.2 Å². The van der Waals surface area contributed by atoms with Crippen LogP contribution >= 0.6 is 11.6 Å². The minimum Gasteiger partial charge on any atom is -0.493 e. The summed E-state index contributed by atoms with van der Waals surface area (Å²) in [7, 11) is 2.98. The predicted octanol–water partition coefficient (Wildman–Crippen LogP) is 4.40. The highest BCUT2D eigenvalue weighted by Gasteiger charge is 2.16. The van der Waals surface area contributed by atoms with Gasteiger partial charge in [-0.1, -0.05) is 17.7 Å². The Hall–Kier alpha value is -2.99. The molecule has 0 saturated carbocycles. The van der Waals surface area contributed by atoms with Crippen LogP contribution in [0.3, 0.4) is 0 Å². The van der Waals surface area contributed by atoms with Gasteiger partial charge in [0.2, 0.25) is 5.78 Å². The third-order valence-electron chi connectivity index (χ3n) is 4.40. The molecule has 0 amide bonds. The zero-order valence-corrected chi connectivity index (χ0v) is 17.7. The van der Waals surface area contributed by atoms with Crippen LogP contribution in [0.1, 0.15) is 27.3 Å². The van der Waals surface area contributed by atoms with Crippen LogP contribution in [0.25, 0.3) is 6.08 Å². The highest BCUT2D eigenvalue weighted by Crippen LogP contribution is 2.36. The number of ether oxygens (including phenoxy) is 3. The van der Waals surface area contributed by atoms with Gasteiger partial charge in [-0.25, -0.2) is 4.79 Å². The maximum atomic E-state index is 12.4. The minimum absolute atomic E-state index is 0.260. The van der Waals surface area contributed by atoms with Crippen molar-refractivity contribution in [3.05, 3.63) is 64.5 Å². The number of carbonyl (C=O) groups excluding carboxylic acids is 2. The van der Waals surface area contributed by atoms with E-state index >= 15 is 0 Å². The van der Waals surface area contributed by atoms with Gasteiger partial charge in [-0.05, 0) is 43.7 Å². The van der Waals surface area contributed by atoms with Gasteiger partial charge in [0, 0.05) is 29.6 Å². The molecule has 154 valence electrons. The second-order valence-corrected chi connectivity index (χ2v) is 6.69. The molecule has 2 rings (SSSR count). The van der Waals surface area contributed by atoms with Crippen molar-refractivity contribution in [2.75, 3.05) is 20.8 Å². The summed E-state index contributed by atoms with van der Waals surface area (Å²) >= 11 is 6.14. The maximum absolute atomic E-state index is 12.4. The molecule has 0 aliphatic rings. The highest BCUT2D eigenvalue weighted by molar-refractivity contribution is 6.32. The number of carbonyl (C=O) groups is 2. The number of rotatable bonds is 9. The van der Waals surface area contributed by atoms with Crippen molar-refractivity contribution in [3.63, 3.8) is 0 Å². The SMILES string of the molecule is C=CCn1c(C)cc(C(=O)COC(=O)C=Cc2cc(Cl)c(OC)c(OC)c2)c1C. The van der Waals surface area contributed by atoms with E-state index in [1.54, 1.807) is 24.3 Å². The maximum Gasteiger partial charge on any atom is 0.331 e. The Morgan fingerprint density at radius 2 is 1.90 bits per heavy atom. The molecule has 0 radical (unpaired) electrons. The van der Waals surface area contributed by atoms with Crippen LogP contribution < -0.4 is 9.47 Å². The number of hydrogen-bond acceptors (Lipinski definition) is 5. The van der Waals surface area contributed by atoms with E-state index in [9.17, 15) is 9.59 Å². The summed E-state index contributed by atoms with van der Waals surface area (Å²) in [5, 5.41) is 0.352. The number of ketones is 1. The van der Waals surface area contributed by atoms with Gasteiger partial charge in [0.25, 0.3) is 0 Å². The average molecular weight is 418 g/mol. The summed E-state index contributed by atoms with van der Waals surface area (Å²) in [5.41, 5.74) is 2.93. The number of Topliss-reactive ketones (excluding diaryl/α,β-unsaturated/α-hetero) is 1. The first-order valence-electron chi connectivity index (χ1n) is 8.89.